The van der Waals surface area contributed by atoms with E-state index < -0.39 is 0 Å². The van der Waals surface area contributed by atoms with Crippen molar-refractivity contribution in [3.8, 4) is 22.6 Å². The van der Waals surface area contributed by atoms with Gasteiger partial charge in [-0.2, -0.15) is 0 Å². The van der Waals surface area contributed by atoms with E-state index in [2.05, 4.69) is 18.2 Å². The van der Waals surface area contributed by atoms with E-state index >= 15 is 0 Å². The number of aromatic hydroxyl groups is 1. The number of phenolic OH excluding ortho intramolecular Hbond substituents is 1. The molecule has 0 atom stereocenters. The first-order valence-corrected chi connectivity index (χ1v) is 6.69. The highest BCUT2D eigenvalue weighted by Crippen LogP contribution is 2.47. The lowest BCUT2D eigenvalue weighted by Crippen LogP contribution is -1.89. The van der Waals surface area contributed by atoms with Gasteiger partial charge in [0.25, 0.3) is 0 Å². The first-order valence-electron chi connectivity index (χ1n) is 6.69. The van der Waals surface area contributed by atoms with Crippen LogP contribution >= 0.6 is 0 Å². The van der Waals surface area contributed by atoms with E-state index in [0.29, 0.717) is 5.75 Å². The van der Waals surface area contributed by atoms with Gasteiger partial charge in [0.2, 0.25) is 0 Å². The van der Waals surface area contributed by atoms with Gasteiger partial charge in [-0.15, -0.1) is 0 Å². The van der Waals surface area contributed by atoms with Crippen molar-refractivity contribution in [2.24, 2.45) is 0 Å². The minimum Gasteiger partial charge on any atom is -0.507 e. The topological polar surface area (TPSA) is 29.5 Å². The molecule has 1 aliphatic carbocycles. The van der Waals surface area contributed by atoms with Gasteiger partial charge < -0.3 is 9.84 Å². The fraction of sp³-hybridized carbons (Fsp3) is 0.111. The molecule has 4 rings (SSSR count). The lowest BCUT2D eigenvalue weighted by molar-refractivity contribution is 0.419. The Bertz CT molecular complexity index is 834. The van der Waals surface area contributed by atoms with Crippen molar-refractivity contribution in [1.29, 1.82) is 0 Å². The van der Waals surface area contributed by atoms with Crippen molar-refractivity contribution >= 4 is 10.8 Å². The summed E-state index contributed by atoms with van der Waals surface area (Å²) in [5, 5.41) is 12.6. The molecule has 0 aliphatic heterocycles. The fourth-order valence-electron chi connectivity index (χ4n) is 3.23. The lowest BCUT2D eigenvalue weighted by Gasteiger charge is -2.11. The van der Waals surface area contributed by atoms with Gasteiger partial charge in [-0.25, -0.2) is 0 Å². The average Bonchev–Trinajstić information content (AvgIpc) is 2.87. The second-order valence-corrected chi connectivity index (χ2v) is 5.14. The summed E-state index contributed by atoms with van der Waals surface area (Å²) in [6.45, 7) is 0. The molecule has 0 saturated carbocycles. The van der Waals surface area contributed by atoms with E-state index in [0.717, 1.165) is 34.1 Å². The maximum Gasteiger partial charge on any atom is 0.126 e. The van der Waals surface area contributed by atoms with E-state index in [4.69, 9.17) is 4.74 Å². The Morgan fingerprint density at radius 3 is 2.70 bits per heavy atom. The van der Waals surface area contributed by atoms with Gasteiger partial charge in [-0.05, 0) is 40.6 Å². The zero-order valence-electron chi connectivity index (χ0n) is 11.2. The van der Waals surface area contributed by atoms with Crippen LogP contribution in [0.1, 0.15) is 11.1 Å². The number of phenols is 1. The van der Waals surface area contributed by atoms with Crippen molar-refractivity contribution < 1.29 is 9.84 Å². The van der Waals surface area contributed by atoms with E-state index in [1.165, 1.54) is 11.1 Å². The molecule has 0 amide bonds. The third-order valence-corrected chi connectivity index (χ3v) is 4.10. The molecule has 0 saturated heterocycles. The monoisotopic (exact) mass is 262 g/mol. The summed E-state index contributed by atoms with van der Waals surface area (Å²) >= 11 is 0. The van der Waals surface area contributed by atoms with Gasteiger partial charge in [0.15, 0.2) is 0 Å². The molecule has 1 N–H and O–H groups in total. The van der Waals surface area contributed by atoms with Gasteiger partial charge in [0, 0.05) is 10.9 Å². The summed E-state index contributed by atoms with van der Waals surface area (Å²) in [5.74, 6) is 1.14. The zero-order chi connectivity index (χ0) is 13.7. The van der Waals surface area contributed by atoms with Crippen LogP contribution < -0.4 is 4.74 Å². The number of benzene rings is 3. The number of fused-ring (bicyclic) bond motifs is 5. The Morgan fingerprint density at radius 1 is 1.00 bits per heavy atom. The van der Waals surface area contributed by atoms with Gasteiger partial charge >= 0.3 is 0 Å². The molecule has 0 heterocycles. The molecule has 0 radical (unpaired) electrons. The normalized spacial score (nSPS) is 12.2. The van der Waals surface area contributed by atoms with Crippen LogP contribution in [0.5, 0.6) is 11.5 Å². The maximum atomic E-state index is 10.4. The highest BCUT2D eigenvalue weighted by molar-refractivity contribution is 6.00. The molecule has 1 aliphatic rings. The molecule has 98 valence electrons. The van der Waals surface area contributed by atoms with Crippen LogP contribution in [0.15, 0.2) is 48.5 Å². The van der Waals surface area contributed by atoms with E-state index in [1.54, 1.807) is 7.11 Å². The molecule has 3 aromatic rings. The van der Waals surface area contributed by atoms with Crippen LogP contribution in [0.4, 0.5) is 0 Å². The molecule has 2 nitrogen and oxygen atoms in total. The molecule has 2 heteroatoms. The molecule has 0 unspecified atom stereocenters. The Morgan fingerprint density at radius 2 is 1.85 bits per heavy atom. The summed E-state index contributed by atoms with van der Waals surface area (Å²) in [5.41, 5.74) is 4.58. The molecular formula is C18H14O2. The molecule has 0 bridgehead atoms. The van der Waals surface area contributed by atoms with E-state index in [-0.39, 0.29) is 0 Å². The largest absolute Gasteiger partial charge is 0.507 e. The first kappa shape index (κ1) is 11.4. The van der Waals surface area contributed by atoms with Crippen LogP contribution in [0.25, 0.3) is 21.9 Å². The lowest BCUT2D eigenvalue weighted by atomic mass is 9.97. The molecule has 0 spiro atoms. The number of hydrogen-bond acceptors (Lipinski definition) is 2. The van der Waals surface area contributed by atoms with Gasteiger partial charge in [-0.1, -0.05) is 36.4 Å². The Labute approximate surface area is 117 Å². The SMILES string of the molecule is COc1cccc2c3c(c(O)cc12)-c1ccccc1C3. The Kier molecular flexibility index (Phi) is 2.27. The van der Waals surface area contributed by atoms with Crippen molar-refractivity contribution in [1.82, 2.24) is 0 Å². The van der Waals surface area contributed by atoms with E-state index in [9.17, 15) is 5.11 Å². The fourth-order valence-corrected chi connectivity index (χ4v) is 3.23. The van der Waals surface area contributed by atoms with Crippen LogP contribution in [-0.4, -0.2) is 12.2 Å². The maximum absolute atomic E-state index is 10.4. The van der Waals surface area contributed by atoms with Crippen LogP contribution in [-0.2, 0) is 6.42 Å². The molecule has 3 aromatic carbocycles. The average molecular weight is 262 g/mol. The highest BCUT2D eigenvalue weighted by Gasteiger charge is 2.24. The Hall–Kier alpha value is -2.48. The van der Waals surface area contributed by atoms with E-state index in [1.807, 2.05) is 30.3 Å². The predicted molar refractivity (Wildman–Crippen MR) is 80.4 cm³/mol. The van der Waals surface area contributed by atoms with Crippen LogP contribution in [0.2, 0.25) is 0 Å². The number of rotatable bonds is 1. The summed E-state index contributed by atoms with van der Waals surface area (Å²) in [6, 6.07) is 16.1. The van der Waals surface area contributed by atoms with Crippen molar-refractivity contribution in [2.45, 2.75) is 6.42 Å². The minimum absolute atomic E-state index is 0.335. The smallest absolute Gasteiger partial charge is 0.126 e. The first-order chi connectivity index (χ1) is 9.79. The molecular weight excluding hydrogens is 248 g/mol. The second-order valence-electron chi connectivity index (χ2n) is 5.14. The third kappa shape index (κ3) is 1.39. The van der Waals surface area contributed by atoms with Gasteiger partial charge in [-0.3, -0.25) is 0 Å². The summed E-state index contributed by atoms with van der Waals surface area (Å²) in [4.78, 5) is 0. The van der Waals surface area contributed by atoms with Crippen molar-refractivity contribution in [2.75, 3.05) is 7.11 Å². The summed E-state index contributed by atoms with van der Waals surface area (Å²) < 4.78 is 5.41. The highest BCUT2D eigenvalue weighted by atomic mass is 16.5. The molecule has 20 heavy (non-hydrogen) atoms. The van der Waals surface area contributed by atoms with Crippen molar-refractivity contribution in [3.63, 3.8) is 0 Å². The molecule has 0 aromatic heterocycles. The quantitative estimate of drug-likeness (QED) is 0.559. The Balaban J connectivity index is 2.12. The zero-order valence-corrected chi connectivity index (χ0v) is 11.2. The van der Waals surface area contributed by atoms with Crippen LogP contribution in [0, 0.1) is 0 Å². The number of ether oxygens (including phenoxy) is 1. The minimum atomic E-state index is 0.335. The summed E-state index contributed by atoms with van der Waals surface area (Å²) in [7, 11) is 1.66. The third-order valence-electron chi connectivity index (χ3n) is 4.10. The summed E-state index contributed by atoms with van der Waals surface area (Å²) in [6.07, 6.45) is 0.865. The van der Waals surface area contributed by atoms with Gasteiger partial charge in [0.1, 0.15) is 11.5 Å². The predicted octanol–water partition coefficient (Wildman–Crippen LogP) is 4.13. The van der Waals surface area contributed by atoms with Crippen LogP contribution in [0.3, 0.4) is 0 Å². The molecule has 0 fully saturated rings. The van der Waals surface area contributed by atoms with Crippen molar-refractivity contribution in [3.05, 3.63) is 59.7 Å². The van der Waals surface area contributed by atoms with Gasteiger partial charge in [0.05, 0.1) is 7.11 Å². The standard InChI is InChI=1S/C18H14O2/c1-20-17-8-4-7-13-14(17)10-16(19)18-12-6-3-2-5-11(12)9-15(13)18/h2-8,10,19H,9H2,1H3. The second kappa shape index (κ2) is 4.01. The number of hydrogen-bond donors (Lipinski definition) is 1. The number of methoxy groups -OCH3 is 1.